The number of aromatic nitrogens is 8. The molecule has 0 aliphatic heterocycles. The average Bonchev–Trinajstić information content (AvgIpc) is 1.55. The number of hydrogen-bond donors (Lipinski definition) is 0. The molecule has 0 fully saturated rings. The summed E-state index contributed by atoms with van der Waals surface area (Å²) in [6.07, 6.45) is 0. The maximum Gasteiger partial charge on any atom is 0.143 e. The highest BCUT2D eigenvalue weighted by atomic mass is 16.3. The molecule has 658 valence electrons. The second kappa shape index (κ2) is 31.8. The van der Waals surface area contributed by atoms with Crippen molar-refractivity contribution in [2.75, 3.05) is 0 Å². The van der Waals surface area contributed by atoms with Crippen molar-refractivity contribution in [3.05, 3.63) is 510 Å². The maximum absolute atomic E-state index is 6.36. The fourth-order valence-corrected chi connectivity index (χ4v) is 23.5. The van der Waals surface area contributed by atoms with Gasteiger partial charge < -0.3 is 41.0 Å². The summed E-state index contributed by atoms with van der Waals surface area (Å²) in [5, 5.41) is 22.6. The summed E-state index contributed by atoms with van der Waals surface area (Å²) in [6.45, 7) is 0. The van der Waals surface area contributed by atoms with Crippen LogP contribution in [-0.4, -0.2) is 36.5 Å². The Balaban J connectivity index is 0.000000102. The Hall–Kier alpha value is -19.0. The molecule has 9 nitrogen and oxygen atoms in total. The first-order valence-electron chi connectivity index (χ1n) is 48.4. The summed E-state index contributed by atoms with van der Waals surface area (Å²) >= 11 is 0. The summed E-state index contributed by atoms with van der Waals surface area (Å²) in [5.41, 5.74) is 35.2. The lowest BCUT2D eigenvalue weighted by molar-refractivity contribution is 0.670. The van der Waals surface area contributed by atoms with Crippen LogP contribution in [0.25, 0.3) is 264 Å². The molecule has 9 aromatic heterocycles. The smallest absolute Gasteiger partial charge is 0.143 e. The van der Waals surface area contributed by atoms with Crippen LogP contribution >= 0.6 is 0 Å². The van der Waals surface area contributed by atoms with E-state index >= 15 is 0 Å². The molecule has 0 unspecified atom stereocenters. The van der Waals surface area contributed by atoms with Gasteiger partial charge in [-0.25, -0.2) is 0 Å². The number of hydrogen-bond acceptors (Lipinski definition) is 1. The highest BCUT2D eigenvalue weighted by molar-refractivity contribution is 6.32. The average molecular weight is 1800 g/mol. The van der Waals surface area contributed by atoms with Gasteiger partial charge in [0, 0.05) is 148 Å². The van der Waals surface area contributed by atoms with E-state index in [0.29, 0.717) is 0 Å². The Kier molecular flexibility index (Phi) is 17.9. The van der Waals surface area contributed by atoms with Crippen LogP contribution in [0, 0.1) is 0 Å². The molecule has 31 rings (SSSR count). The Bertz CT molecular complexity index is 10400. The van der Waals surface area contributed by atoms with E-state index in [1.54, 1.807) is 0 Å². The number of benzene rings is 22. The van der Waals surface area contributed by atoms with Crippen molar-refractivity contribution in [1.29, 1.82) is 0 Å². The molecule has 0 radical (unpaired) electrons. The zero-order chi connectivity index (χ0) is 92.4. The molecule has 0 N–H and O–H groups in total. The van der Waals surface area contributed by atoms with E-state index in [1.165, 1.54) is 208 Å². The van der Waals surface area contributed by atoms with Gasteiger partial charge in [0.25, 0.3) is 0 Å². The van der Waals surface area contributed by atoms with Crippen LogP contribution in [0.4, 0.5) is 0 Å². The Morgan fingerprint density at radius 1 is 0.121 bits per heavy atom. The van der Waals surface area contributed by atoms with Crippen molar-refractivity contribution in [3.63, 3.8) is 0 Å². The standard InChI is InChI=1S/C48H31N3.C42H27N3.C42H26N2O/c1-4-14-34(15-5-1)49-41-22-12-10-20-37(41)39-30-32(24-26-43(39)49)33-25-27-44-40(31-33)48-46(51(44)36-18-8-3-9-19-36)29-28-45-47(48)38-21-11-13-23-42(38)50(45)35-16-6-2-7-17-35;1-2-12-28(13-3-1)44-37-20-10-6-16-33(37)41-39(44)26-27-40-42(41)34-17-7-11-21-38(34)45(40)30-24-22-29(23-25-30)43-35-18-8-4-14-31(35)32-15-5-9-19-36(32)43;1-2-11-28(12-3-1)43-35-18-7-4-14-33(35)40-37(43)25-26-38-41(40)34-15-5-8-19-36(34)44(38)29-23-21-27(22-24-29)30-16-10-17-32-31-13-6-9-20-39(31)45-42(30)32/h1-31H;1-27H;1-26H. The first-order valence-corrected chi connectivity index (χ1v) is 48.4. The quantitative estimate of drug-likeness (QED) is 0.135. The third-order valence-corrected chi connectivity index (χ3v) is 29.4. The second-order valence-electron chi connectivity index (χ2n) is 36.9. The highest BCUT2D eigenvalue weighted by Crippen LogP contribution is 2.50. The Labute approximate surface area is 809 Å². The molecule has 0 spiro atoms. The minimum atomic E-state index is 0.918. The highest BCUT2D eigenvalue weighted by Gasteiger charge is 2.28. The molecule has 0 saturated heterocycles. The zero-order valence-electron chi connectivity index (χ0n) is 76.5. The van der Waals surface area contributed by atoms with Crippen molar-refractivity contribution in [2.24, 2.45) is 0 Å². The van der Waals surface area contributed by atoms with Crippen LogP contribution in [0.15, 0.2) is 514 Å². The van der Waals surface area contributed by atoms with Crippen molar-refractivity contribution in [1.82, 2.24) is 36.5 Å². The minimum Gasteiger partial charge on any atom is -0.455 e. The molecule has 22 aromatic carbocycles. The zero-order valence-corrected chi connectivity index (χ0v) is 76.5. The van der Waals surface area contributed by atoms with Crippen LogP contribution in [0.3, 0.4) is 0 Å². The molecule has 0 amide bonds. The first kappa shape index (κ1) is 79.4. The summed E-state index contributed by atoms with van der Waals surface area (Å²) in [6, 6.07) is 184. The van der Waals surface area contributed by atoms with Crippen LogP contribution < -0.4 is 0 Å². The van der Waals surface area contributed by atoms with E-state index in [-0.39, 0.29) is 0 Å². The molecule has 0 bridgehead atoms. The van der Waals surface area contributed by atoms with Gasteiger partial charge in [-0.05, 0) is 229 Å². The predicted octanol–water partition coefficient (Wildman–Crippen LogP) is 35.1. The van der Waals surface area contributed by atoms with Crippen molar-refractivity contribution < 1.29 is 4.42 Å². The van der Waals surface area contributed by atoms with E-state index in [0.717, 1.165) is 55.8 Å². The molecule has 141 heavy (non-hydrogen) atoms. The Morgan fingerprint density at radius 3 is 0.652 bits per heavy atom. The number of para-hydroxylation sites is 15. The monoisotopic (exact) mass is 1800 g/mol. The van der Waals surface area contributed by atoms with Crippen LogP contribution in [0.2, 0.25) is 0 Å². The normalized spacial score (nSPS) is 12.0. The van der Waals surface area contributed by atoms with E-state index in [9.17, 15) is 0 Å². The van der Waals surface area contributed by atoms with Gasteiger partial charge >= 0.3 is 0 Å². The lowest BCUT2D eigenvalue weighted by Gasteiger charge is -2.12. The van der Waals surface area contributed by atoms with Gasteiger partial charge in [-0.15, -0.1) is 0 Å². The molecule has 0 atom stereocenters. The lowest BCUT2D eigenvalue weighted by atomic mass is 9.99. The van der Waals surface area contributed by atoms with Crippen molar-refractivity contribution >= 4 is 196 Å². The minimum absolute atomic E-state index is 0.918. The molecule has 0 aliphatic carbocycles. The number of rotatable bonds is 10. The summed E-state index contributed by atoms with van der Waals surface area (Å²) in [4.78, 5) is 0. The molecule has 9 heteroatoms. The Morgan fingerprint density at radius 2 is 0.326 bits per heavy atom. The van der Waals surface area contributed by atoms with Gasteiger partial charge in [0.2, 0.25) is 0 Å². The SMILES string of the molecule is c1ccc(-n2c3ccccc3c3c4c5ccccc5n(-c5ccc(-c6cccc7c6oc6ccccc67)cc5)c4ccc32)cc1.c1ccc(-n2c3ccccc3c3c4c5ccccc5n(-c5ccc(-n6c7ccccc7c7ccccc76)cc5)c4ccc32)cc1.c1ccc(-n2c3ccccc3c3cc(-c4ccc5c(c4)c4c6c7ccccc7n(-c7ccccc7)c6ccc4n5-c4ccccc4)ccc32)cc1. The fourth-order valence-electron chi connectivity index (χ4n) is 23.5. The molecular formula is C132H84N8O. The molecule has 9 heterocycles. The van der Waals surface area contributed by atoms with Gasteiger partial charge in [0.15, 0.2) is 0 Å². The van der Waals surface area contributed by atoms with Crippen molar-refractivity contribution in [2.45, 2.75) is 0 Å². The lowest BCUT2D eigenvalue weighted by Crippen LogP contribution is -1.97. The molecule has 0 aliphatic rings. The van der Waals surface area contributed by atoms with E-state index in [2.05, 4.69) is 534 Å². The third-order valence-electron chi connectivity index (χ3n) is 29.4. The van der Waals surface area contributed by atoms with Crippen LogP contribution in [0.1, 0.15) is 0 Å². The molecule has 31 aromatic rings. The first-order chi connectivity index (χ1) is 70.0. The number of nitrogens with zero attached hydrogens (tertiary/aromatic N) is 8. The van der Waals surface area contributed by atoms with E-state index < -0.39 is 0 Å². The van der Waals surface area contributed by atoms with Gasteiger partial charge in [0.1, 0.15) is 11.2 Å². The maximum atomic E-state index is 6.36. The van der Waals surface area contributed by atoms with Gasteiger partial charge in [0.05, 0.1) is 88.3 Å². The van der Waals surface area contributed by atoms with E-state index in [4.69, 9.17) is 4.42 Å². The predicted molar refractivity (Wildman–Crippen MR) is 592 cm³/mol. The third kappa shape index (κ3) is 12.2. The largest absolute Gasteiger partial charge is 0.455 e. The fraction of sp³-hybridized carbons (Fsp3) is 0. The van der Waals surface area contributed by atoms with E-state index in [1.807, 2.05) is 12.1 Å². The number of fused-ring (bicyclic) bond motifs is 30. The molecular weight excluding hydrogens is 1710 g/mol. The van der Waals surface area contributed by atoms with Gasteiger partial charge in [-0.3, -0.25) is 0 Å². The van der Waals surface area contributed by atoms with Crippen LogP contribution in [-0.2, 0) is 0 Å². The molecule has 0 saturated carbocycles. The van der Waals surface area contributed by atoms with Gasteiger partial charge in [-0.2, -0.15) is 0 Å². The second-order valence-corrected chi connectivity index (χ2v) is 36.9. The van der Waals surface area contributed by atoms with Gasteiger partial charge in [-0.1, -0.05) is 297 Å². The van der Waals surface area contributed by atoms with Crippen molar-refractivity contribution in [3.8, 4) is 67.8 Å². The summed E-state index contributed by atoms with van der Waals surface area (Å²) in [5.74, 6) is 0. The number of furan rings is 1. The van der Waals surface area contributed by atoms with Crippen LogP contribution in [0.5, 0.6) is 0 Å². The summed E-state index contributed by atoms with van der Waals surface area (Å²) in [7, 11) is 0. The topological polar surface area (TPSA) is 52.6 Å². The summed E-state index contributed by atoms with van der Waals surface area (Å²) < 4.78 is 25.6.